The van der Waals surface area contributed by atoms with Gasteiger partial charge in [-0.05, 0) is 30.2 Å². The smallest absolute Gasteiger partial charge is 0.294 e. The molecule has 0 spiro atoms. The summed E-state index contributed by atoms with van der Waals surface area (Å²) in [5.74, 6) is 0. The van der Waals surface area contributed by atoms with Gasteiger partial charge in [-0.1, -0.05) is 0 Å². The summed E-state index contributed by atoms with van der Waals surface area (Å²) < 4.78 is 4.99. The third-order valence-corrected chi connectivity index (χ3v) is 5.03. The van der Waals surface area contributed by atoms with Crippen molar-refractivity contribution in [3.8, 4) is 0 Å². The monoisotopic (exact) mass is 289 g/mol. The first-order valence-corrected chi connectivity index (χ1v) is 6.89. The Balaban J connectivity index is 2.34. The van der Waals surface area contributed by atoms with E-state index in [9.17, 15) is 15.2 Å². The van der Waals surface area contributed by atoms with Crippen molar-refractivity contribution in [2.75, 3.05) is 0 Å². The van der Waals surface area contributed by atoms with Crippen molar-refractivity contribution in [1.29, 1.82) is 0 Å². The largest absolute Gasteiger partial charge is 0.388 e. The molecule has 0 amide bonds. The van der Waals surface area contributed by atoms with E-state index in [2.05, 4.69) is 9.36 Å². The molecule has 0 radical (unpaired) electrons. The summed E-state index contributed by atoms with van der Waals surface area (Å²) in [5.41, 5.74) is 0.00565. The summed E-state index contributed by atoms with van der Waals surface area (Å²) >= 11 is 3.58. The number of aromatic nitrogens is 2. The highest BCUT2D eigenvalue weighted by Crippen LogP contribution is 2.43. The molecule has 0 aromatic carbocycles. The van der Waals surface area contributed by atoms with Crippen LogP contribution in [-0.2, 0) is 0 Å². The fourth-order valence-electron chi connectivity index (χ4n) is 1.08. The fourth-order valence-corrected chi connectivity index (χ4v) is 4.02. The Kier molecular flexibility index (Phi) is 3.72. The lowest BCUT2D eigenvalue weighted by atomic mass is 10.3. The Bertz CT molecular complexity index is 523. The SMILES string of the molecule is CC(O)c1cc([N+](=O)[O-])c(Sc2ncns2)s1. The van der Waals surface area contributed by atoms with Crippen LogP contribution in [0.25, 0.3) is 0 Å². The summed E-state index contributed by atoms with van der Waals surface area (Å²) in [7, 11) is 0. The molecule has 1 unspecified atom stereocenters. The zero-order valence-electron chi connectivity index (χ0n) is 8.56. The molecule has 2 aromatic rings. The molecule has 6 nitrogen and oxygen atoms in total. The highest BCUT2D eigenvalue weighted by molar-refractivity contribution is 8.02. The van der Waals surface area contributed by atoms with E-state index in [1.54, 1.807) is 6.92 Å². The van der Waals surface area contributed by atoms with Crippen LogP contribution in [0.5, 0.6) is 0 Å². The van der Waals surface area contributed by atoms with Crippen LogP contribution >= 0.6 is 34.6 Å². The lowest BCUT2D eigenvalue weighted by Crippen LogP contribution is -1.87. The van der Waals surface area contributed by atoms with Gasteiger partial charge in [0.1, 0.15) is 10.5 Å². The lowest BCUT2D eigenvalue weighted by molar-refractivity contribution is -0.387. The normalized spacial score (nSPS) is 12.6. The molecule has 0 saturated carbocycles. The molecule has 90 valence electrons. The number of aliphatic hydroxyl groups excluding tert-OH is 1. The van der Waals surface area contributed by atoms with E-state index >= 15 is 0 Å². The van der Waals surface area contributed by atoms with Gasteiger partial charge in [-0.3, -0.25) is 10.1 Å². The molecule has 17 heavy (non-hydrogen) atoms. The first kappa shape index (κ1) is 12.4. The minimum atomic E-state index is -0.706. The zero-order chi connectivity index (χ0) is 12.4. The zero-order valence-corrected chi connectivity index (χ0v) is 11.0. The van der Waals surface area contributed by atoms with Crippen LogP contribution in [0.2, 0.25) is 0 Å². The third-order valence-electron chi connectivity index (χ3n) is 1.83. The second kappa shape index (κ2) is 5.08. The Morgan fingerprint density at radius 2 is 2.41 bits per heavy atom. The highest BCUT2D eigenvalue weighted by atomic mass is 32.2. The van der Waals surface area contributed by atoms with E-state index in [1.165, 1.54) is 47.0 Å². The Morgan fingerprint density at radius 1 is 1.65 bits per heavy atom. The van der Waals surface area contributed by atoms with Gasteiger partial charge in [0.15, 0.2) is 4.34 Å². The maximum Gasteiger partial charge on any atom is 0.294 e. The Hall–Kier alpha value is -1.03. The van der Waals surface area contributed by atoms with Gasteiger partial charge in [-0.25, -0.2) is 4.98 Å². The van der Waals surface area contributed by atoms with Gasteiger partial charge < -0.3 is 5.11 Å². The van der Waals surface area contributed by atoms with Gasteiger partial charge in [0, 0.05) is 10.9 Å². The molecule has 2 rings (SSSR count). The van der Waals surface area contributed by atoms with Gasteiger partial charge in [-0.2, -0.15) is 4.37 Å². The van der Waals surface area contributed by atoms with E-state index in [-0.39, 0.29) is 5.69 Å². The standard InChI is InChI=1S/C8H7N3O3S3/c1-4(12)6-2-5(11(13)14)7(15-6)16-8-9-3-10-17-8/h2-4,12H,1H3. The Labute approximate surface area is 109 Å². The summed E-state index contributed by atoms with van der Waals surface area (Å²) in [6, 6.07) is 1.40. The van der Waals surface area contributed by atoms with Crippen LogP contribution in [0.3, 0.4) is 0 Å². The molecule has 0 aliphatic carbocycles. The minimum Gasteiger partial charge on any atom is -0.388 e. The van der Waals surface area contributed by atoms with Crippen molar-refractivity contribution in [3.05, 3.63) is 27.4 Å². The number of aliphatic hydroxyl groups is 1. The fraction of sp³-hybridized carbons (Fsp3) is 0.250. The molecular weight excluding hydrogens is 282 g/mol. The van der Waals surface area contributed by atoms with Crippen LogP contribution in [0.15, 0.2) is 20.9 Å². The van der Waals surface area contributed by atoms with Crippen LogP contribution in [0, 0.1) is 10.1 Å². The van der Waals surface area contributed by atoms with Gasteiger partial charge in [0.05, 0.1) is 11.0 Å². The maximum absolute atomic E-state index is 10.9. The summed E-state index contributed by atoms with van der Waals surface area (Å²) in [4.78, 5) is 14.9. The molecule has 0 fully saturated rings. The number of nitro groups is 1. The van der Waals surface area contributed by atoms with Crippen LogP contribution in [-0.4, -0.2) is 19.4 Å². The van der Waals surface area contributed by atoms with E-state index in [4.69, 9.17) is 0 Å². The molecule has 0 aliphatic heterocycles. The molecule has 2 aromatic heterocycles. The average molecular weight is 289 g/mol. The minimum absolute atomic E-state index is 0.00565. The number of hydrogen-bond donors (Lipinski definition) is 1. The number of nitrogens with zero attached hydrogens (tertiary/aromatic N) is 3. The van der Waals surface area contributed by atoms with Gasteiger partial charge in [-0.15, -0.1) is 11.3 Å². The number of thiophene rings is 1. The van der Waals surface area contributed by atoms with Crippen molar-refractivity contribution in [1.82, 2.24) is 9.36 Å². The molecular formula is C8H7N3O3S3. The second-order valence-corrected chi connectivity index (χ2v) is 6.44. The second-order valence-electron chi connectivity index (χ2n) is 3.06. The van der Waals surface area contributed by atoms with Crippen LogP contribution in [0.4, 0.5) is 5.69 Å². The molecule has 9 heteroatoms. The summed E-state index contributed by atoms with van der Waals surface area (Å²) in [6.07, 6.45) is 0.699. The first-order chi connectivity index (χ1) is 8.08. The molecule has 0 saturated heterocycles. The van der Waals surface area contributed by atoms with Crippen LogP contribution < -0.4 is 0 Å². The van der Waals surface area contributed by atoms with Crippen molar-refractivity contribution in [2.45, 2.75) is 21.6 Å². The van der Waals surface area contributed by atoms with E-state index in [1.807, 2.05) is 0 Å². The molecule has 0 aliphatic rings. The van der Waals surface area contributed by atoms with Gasteiger partial charge in [0.2, 0.25) is 0 Å². The third kappa shape index (κ3) is 2.80. The Morgan fingerprint density at radius 3 is 2.94 bits per heavy atom. The predicted molar refractivity (Wildman–Crippen MR) is 65.6 cm³/mol. The van der Waals surface area contributed by atoms with Crippen molar-refractivity contribution >= 4 is 40.3 Å². The quantitative estimate of drug-likeness (QED) is 0.687. The van der Waals surface area contributed by atoms with E-state index in [0.717, 1.165) is 0 Å². The molecule has 1 atom stereocenters. The van der Waals surface area contributed by atoms with Crippen molar-refractivity contribution in [3.63, 3.8) is 0 Å². The average Bonchev–Trinajstić information content (AvgIpc) is 2.87. The maximum atomic E-state index is 10.9. The topological polar surface area (TPSA) is 89.2 Å². The molecule has 0 bridgehead atoms. The van der Waals surface area contributed by atoms with E-state index in [0.29, 0.717) is 13.4 Å². The van der Waals surface area contributed by atoms with Crippen molar-refractivity contribution < 1.29 is 10.0 Å². The highest BCUT2D eigenvalue weighted by Gasteiger charge is 2.22. The number of hydrogen-bond acceptors (Lipinski definition) is 8. The first-order valence-electron chi connectivity index (χ1n) is 4.48. The molecule has 2 heterocycles. The van der Waals surface area contributed by atoms with Gasteiger partial charge in [0.25, 0.3) is 5.69 Å². The molecule has 1 N–H and O–H groups in total. The summed E-state index contributed by atoms with van der Waals surface area (Å²) in [6.45, 7) is 1.58. The number of rotatable bonds is 4. The predicted octanol–water partition coefficient (Wildman–Crippen LogP) is 2.71. The van der Waals surface area contributed by atoms with Crippen molar-refractivity contribution in [2.24, 2.45) is 0 Å². The summed E-state index contributed by atoms with van der Waals surface area (Å²) in [5, 5.41) is 20.3. The van der Waals surface area contributed by atoms with Crippen LogP contribution in [0.1, 0.15) is 17.9 Å². The lowest BCUT2D eigenvalue weighted by Gasteiger charge is -1.95. The van der Waals surface area contributed by atoms with E-state index < -0.39 is 11.0 Å². The van der Waals surface area contributed by atoms with Gasteiger partial charge >= 0.3 is 0 Å².